The summed E-state index contributed by atoms with van der Waals surface area (Å²) in [6, 6.07) is 3.76. The first-order valence-corrected chi connectivity index (χ1v) is 6.77. The molecule has 4 nitrogen and oxygen atoms in total. The number of aromatic nitrogens is 1. The van der Waals surface area contributed by atoms with Gasteiger partial charge in [-0.05, 0) is 30.9 Å². The van der Waals surface area contributed by atoms with Crippen LogP contribution in [-0.2, 0) is 0 Å². The predicted molar refractivity (Wildman–Crippen MR) is 69.7 cm³/mol. The van der Waals surface area contributed by atoms with Crippen molar-refractivity contribution in [3.63, 3.8) is 0 Å². The normalized spacial score (nSPS) is 27.1. The van der Waals surface area contributed by atoms with Crippen molar-refractivity contribution in [2.75, 3.05) is 19.6 Å². The lowest BCUT2D eigenvalue weighted by molar-refractivity contribution is 0.0569. The zero-order valence-electron chi connectivity index (χ0n) is 10.1. The van der Waals surface area contributed by atoms with E-state index in [2.05, 4.69) is 10.3 Å². The van der Waals surface area contributed by atoms with E-state index in [1.807, 2.05) is 4.90 Å². The number of pyridine rings is 1. The first-order valence-electron chi connectivity index (χ1n) is 6.39. The molecule has 0 radical (unpaired) electrons. The van der Waals surface area contributed by atoms with Crippen molar-refractivity contribution in [3.05, 3.63) is 29.0 Å². The number of nitrogens with zero attached hydrogens (tertiary/aromatic N) is 2. The Labute approximate surface area is 111 Å². The topological polar surface area (TPSA) is 45.2 Å². The Morgan fingerprint density at radius 3 is 3.11 bits per heavy atom. The molecule has 96 valence electrons. The highest BCUT2D eigenvalue weighted by Crippen LogP contribution is 2.27. The minimum atomic E-state index is 0.0325. The van der Waals surface area contributed by atoms with Crippen molar-refractivity contribution in [3.8, 4) is 0 Å². The first-order chi connectivity index (χ1) is 8.75. The first kappa shape index (κ1) is 11.9. The average molecular weight is 266 g/mol. The molecule has 0 spiro atoms. The van der Waals surface area contributed by atoms with Crippen LogP contribution in [0.3, 0.4) is 0 Å². The highest BCUT2D eigenvalue weighted by molar-refractivity contribution is 6.30. The van der Waals surface area contributed by atoms with E-state index in [4.69, 9.17) is 11.6 Å². The van der Waals surface area contributed by atoms with Crippen LogP contribution in [0.15, 0.2) is 18.3 Å². The molecule has 0 unspecified atom stereocenters. The van der Waals surface area contributed by atoms with Crippen LogP contribution in [0.1, 0.15) is 23.3 Å². The second kappa shape index (κ2) is 4.86. The summed E-state index contributed by atoms with van der Waals surface area (Å²) in [6.07, 6.45) is 3.83. The molecule has 1 N–H and O–H groups in total. The summed E-state index contributed by atoms with van der Waals surface area (Å²) in [6.45, 7) is 2.78. The van der Waals surface area contributed by atoms with Gasteiger partial charge in [-0.2, -0.15) is 0 Å². The molecule has 0 bridgehead atoms. The van der Waals surface area contributed by atoms with E-state index in [0.29, 0.717) is 22.7 Å². The lowest BCUT2D eigenvalue weighted by atomic mass is 9.92. The Hall–Kier alpha value is -1.13. The number of fused-ring (bicyclic) bond motifs is 1. The van der Waals surface area contributed by atoms with Crippen LogP contribution < -0.4 is 5.32 Å². The Balaban J connectivity index is 1.81. The maximum atomic E-state index is 12.4. The average Bonchev–Trinajstić information content (AvgIpc) is 2.87. The third-order valence-corrected chi connectivity index (χ3v) is 4.11. The molecule has 18 heavy (non-hydrogen) atoms. The highest BCUT2D eigenvalue weighted by Gasteiger charge is 2.37. The quantitative estimate of drug-likeness (QED) is 0.838. The Bertz CT molecular complexity index is 448. The zero-order chi connectivity index (χ0) is 12.5. The van der Waals surface area contributed by atoms with E-state index in [9.17, 15) is 4.79 Å². The van der Waals surface area contributed by atoms with Crippen molar-refractivity contribution in [1.29, 1.82) is 0 Å². The minimum absolute atomic E-state index is 0.0325. The zero-order valence-corrected chi connectivity index (χ0v) is 10.9. The number of hydrogen-bond acceptors (Lipinski definition) is 3. The fraction of sp³-hybridized carbons (Fsp3) is 0.538. The van der Waals surface area contributed by atoms with Crippen LogP contribution in [0.5, 0.6) is 0 Å². The number of nitrogens with one attached hydrogen (secondary N) is 1. The monoisotopic (exact) mass is 265 g/mol. The predicted octanol–water partition coefficient (Wildman–Crippen LogP) is 1.56. The molecule has 2 atom stereocenters. The third kappa shape index (κ3) is 2.10. The van der Waals surface area contributed by atoms with Gasteiger partial charge in [0, 0.05) is 31.9 Å². The van der Waals surface area contributed by atoms with Gasteiger partial charge >= 0.3 is 0 Å². The number of hydrogen-bond donors (Lipinski definition) is 1. The number of carbonyl (C=O) groups excluding carboxylic acids is 1. The lowest BCUT2D eigenvalue weighted by Gasteiger charge is -2.36. The lowest BCUT2D eigenvalue weighted by Crippen LogP contribution is -2.48. The van der Waals surface area contributed by atoms with Crippen molar-refractivity contribution < 1.29 is 4.79 Å². The number of carbonyl (C=O) groups is 1. The van der Waals surface area contributed by atoms with Gasteiger partial charge in [-0.25, -0.2) is 4.98 Å². The Morgan fingerprint density at radius 1 is 1.44 bits per heavy atom. The van der Waals surface area contributed by atoms with Crippen molar-refractivity contribution in [2.24, 2.45) is 5.92 Å². The smallest absolute Gasteiger partial charge is 0.272 e. The van der Waals surface area contributed by atoms with Gasteiger partial charge in [0.2, 0.25) is 0 Å². The summed E-state index contributed by atoms with van der Waals surface area (Å²) < 4.78 is 0. The number of halogens is 1. The summed E-state index contributed by atoms with van der Waals surface area (Å²) in [5, 5.41) is 3.94. The van der Waals surface area contributed by atoms with Crippen molar-refractivity contribution in [2.45, 2.75) is 18.9 Å². The van der Waals surface area contributed by atoms with E-state index >= 15 is 0 Å². The highest BCUT2D eigenvalue weighted by atomic mass is 35.5. The maximum absolute atomic E-state index is 12.4. The second-order valence-electron chi connectivity index (χ2n) is 4.99. The maximum Gasteiger partial charge on any atom is 0.272 e. The van der Waals surface area contributed by atoms with Gasteiger partial charge in [-0.15, -0.1) is 0 Å². The molecule has 1 amide bonds. The summed E-state index contributed by atoms with van der Waals surface area (Å²) in [5.41, 5.74) is 0.493. The van der Waals surface area contributed by atoms with Gasteiger partial charge in [0.15, 0.2) is 0 Å². The molecule has 0 aromatic carbocycles. The van der Waals surface area contributed by atoms with E-state index in [-0.39, 0.29) is 5.91 Å². The van der Waals surface area contributed by atoms with Gasteiger partial charge in [-0.3, -0.25) is 4.79 Å². The van der Waals surface area contributed by atoms with Gasteiger partial charge in [0.1, 0.15) is 5.69 Å². The van der Waals surface area contributed by atoms with E-state index in [0.717, 1.165) is 26.1 Å². The fourth-order valence-corrected chi connectivity index (χ4v) is 3.08. The number of amides is 1. The van der Waals surface area contributed by atoms with Crippen molar-refractivity contribution >= 4 is 17.5 Å². The summed E-state index contributed by atoms with van der Waals surface area (Å²) in [4.78, 5) is 18.5. The second-order valence-corrected chi connectivity index (χ2v) is 5.42. The van der Waals surface area contributed by atoms with Crippen LogP contribution in [0.4, 0.5) is 0 Å². The van der Waals surface area contributed by atoms with Gasteiger partial charge in [0.05, 0.1) is 5.02 Å². The molecule has 1 aromatic heterocycles. The number of piperidine rings is 1. The van der Waals surface area contributed by atoms with Crippen LogP contribution in [0.25, 0.3) is 0 Å². The van der Waals surface area contributed by atoms with E-state index in [1.165, 1.54) is 12.6 Å². The van der Waals surface area contributed by atoms with Crippen molar-refractivity contribution in [1.82, 2.24) is 15.2 Å². The SMILES string of the molecule is O=C(c1ccc(Cl)cn1)N1CCC[C@H]2CNC[C@H]21. The molecule has 3 rings (SSSR count). The summed E-state index contributed by atoms with van der Waals surface area (Å²) in [5.74, 6) is 0.639. The molecule has 5 heteroatoms. The molecular formula is C13H16ClN3O. The standard InChI is InChI=1S/C13H16ClN3O/c14-10-3-4-11(16-7-10)13(18)17-5-1-2-9-6-15-8-12(9)17/h3-4,7,9,12,15H,1-2,5-6,8H2/t9-,12+/m0/s1. The Kier molecular flexibility index (Phi) is 3.22. The molecule has 3 heterocycles. The van der Waals surface area contributed by atoms with Crippen LogP contribution in [0, 0.1) is 5.92 Å². The number of likely N-dealkylation sites (tertiary alicyclic amines) is 1. The van der Waals surface area contributed by atoms with E-state index in [1.54, 1.807) is 12.1 Å². The molecule has 0 saturated carbocycles. The van der Waals surface area contributed by atoms with E-state index < -0.39 is 0 Å². The van der Waals surface area contributed by atoms with Crippen LogP contribution in [-0.4, -0.2) is 41.5 Å². The molecule has 2 saturated heterocycles. The molecule has 2 aliphatic heterocycles. The summed E-state index contributed by atoms with van der Waals surface area (Å²) in [7, 11) is 0. The molecule has 1 aromatic rings. The fourth-order valence-electron chi connectivity index (χ4n) is 2.97. The number of rotatable bonds is 1. The molecule has 2 aliphatic rings. The minimum Gasteiger partial charge on any atom is -0.333 e. The van der Waals surface area contributed by atoms with Crippen LogP contribution >= 0.6 is 11.6 Å². The molecular weight excluding hydrogens is 250 g/mol. The van der Waals surface area contributed by atoms with Crippen LogP contribution in [0.2, 0.25) is 5.02 Å². The largest absolute Gasteiger partial charge is 0.333 e. The van der Waals surface area contributed by atoms with Gasteiger partial charge in [0.25, 0.3) is 5.91 Å². The Morgan fingerprint density at radius 2 is 2.33 bits per heavy atom. The third-order valence-electron chi connectivity index (χ3n) is 3.89. The van der Waals surface area contributed by atoms with Gasteiger partial charge < -0.3 is 10.2 Å². The molecule has 2 fully saturated rings. The molecule has 0 aliphatic carbocycles. The summed E-state index contributed by atoms with van der Waals surface area (Å²) >= 11 is 5.79. The van der Waals surface area contributed by atoms with Gasteiger partial charge in [-0.1, -0.05) is 11.6 Å².